The van der Waals surface area contributed by atoms with E-state index in [9.17, 15) is 18.3 Å². The molecule has 4 rings (SSSR count). The molecule has 11 nitrogen and oxygen atoms in total. The van der Waals surface area contributed by atoms with Gasteiger partial charge >= 0.3 is 10.2 Å². The molecule has 0 aliphatic carbocycles. The lowest BCUT2D eigenvalue weighted by molar-refractivity contribution is 0.0824. The van der Waals surface area contributed by atoms with Crippen LogP contribution in [0, 0.1) is 5.41 Å². The van der Waals surface area contributed by atoms with Crippen LogP contribution in [-0.4, -0.2) is 57.2 Å². The summed E-state index contributed by atoms with van der Waals surface area (Å²) in [5, 5.41) is 17.5. The molecule has 2 heterocycles. The molecule has 1 unspecified atom stereocenters. The van der Waals surface area contributed by atoms with Gasteiger partial charge in [-0.25, -0.2) is 0 Å². The summed E-state index contributed by atoms with van der Waals surface area (Å²) in [4.78, 5) is 13.7. The minimum absolute atomic E-state index is 0.0492. The maximum atomic E-state index is 12.4. The van der Waals surface area contributed by atoms with E-state index in [1.165, 1.54) is 17.0 Å². The zero-order valence-electron chi connectivity index (χ0n) is 21.4. The number of para-hydroxylation sites is 1. The third-order valence-corrected chi connectivity index (χ3v) is 6.56. The highest BCUT2D eigenvalue weighted by Crippen LogP contribution is 2.37. The Morgan fingerprint density at radius 1 is 1.11 bits per heavy atom. The molecule has 1 aliphatic rings. The molecule has 3 aromatic rings. The molecule has 12 heteroatoms. The second kappa shape index (κ2) is 9.43. The van der Waals surface area contributed by atoms with E-state index >= 15 is 0 Å². The maximum absolute atomic E-state index is 12.4. The number of nitrogens with zero attached hydrogens (tertiary/aromatic N) is 3. The first-order valence-corrected chi connectivity index (χ1v) is 12.8. The monoisotopic (exact) mass is 527 g/mol. The summed E-state index contributed by atoms with van der Waals surface area (Å²) in [5.41, 5.74) is 0.347. The average molecular weight is 528 g/mol. The van der Waals surface area contributed by atoms with Crippen LogP contribution >= 0.6 is 0 Å². The molecule has 37 heavy (non-hydrogen) atoms. The number of phenols is 1. The molecule has 1 atom stereocenters. The Morgan fingerprint density at radius 2 is 1.81 bits per heavy atom. The molecule has 1 aromatic heterocycles. The lowest BCUT2D eigenvalue weighted by atomic mass is 9.85. The second-order valence-electron chi connectivity index (χ2n) is 9.85. The number of benzene rings is 2. The number of hydrogen-bond acceptors (Lipinski definition) is 8. The van der Waals surface area contributed by atoms with E-state index in [4.69, 9.17) is 9.15 Å². The summed E-state index contributed by atoms with van der Waals surface area (Å²) >= 11 is 0. The van der Waals surface area contributed by atoms with Crippen LogP contribution in [0.5, 0.6) is 11.5 Å². The smallest absolute Gasteiger partial charge is 0.367 e. The molecule has 1 amide bonds. The number of phenolic OH excluding ortho intramolecular Hbond substituents is 1. The number of rotatable bonds is 5. The first-order valence-electron chi connectivity index (χ1n) is 11.4. The van der Waals surface area contributed by atoms with E-state index in [2.05, 4.69) is 19.4 Å². The molecule has 0 spiro atoms. The van der Waals surface area contributed by atoms with Crippen molar-refractivity contribution in [2.24, 2.45) is 14.2 Å². The van der Waals surface area contributed by atoms with Crippen LogP contribution in [0.1, 0.15) is 42.9 Å². The van der Waals surface area contributed by atoms with Crippen LogP contribution in [0.25, 0.3) is 11.0 Å². The van der Waals surface area contributed by atoms with Crippen molar-refractivity contribution in [3.63, 3.8) is 0 Å². The zero-order valence-corrected chi connectivity index (χ0v) is 22.2. The minimum Gasteiger partial charge on any atom is -0.505 e. The summed E-state index contributed by atoms with van der Waals surface area (Å²) in [7, 11) is 0.525. The molecule has 0 saturated carbocycles. The second-order valence-corrected chi connectivity index (χ2v) is 11.1. The van der Waals surface area contributed by atoms with Crippen LogP contribution in [-0.2, 0) is 10.2 Å². The number of amidine groups is 2. The van der Waals surface area contributed by atoms with Gasteiger partial charge in [-0.15, -0.1) is 8.80 Å². The number of methoxy groups -OCH3 is 1. The van der Waals surface area contributed by atoms with Crippen LogP contribution in [0.3, 0.4) is 0 Å². The molecule has 0 radical (unpaired) electrons. The van der Waals surface area contributed by atoms with Gasteiger partial charge in [-0.2, -0.15) is 8.42 Å². The van der Waals surface area contributed by atoms with Crippen molar-refractivity contribution in [3.8, 4) is 11.5 Å². The predicted molar refractivity (Wildman–Crippen MR) is 142 cm³/mol. The summed E-state index contributed by atoms with van der Waals surface area (Å²) in [5.74, 6) is 0.302. The fraction of sp³-hybridized carbons (Fsp3) is 0.320. The zero-order chi connectivity index (χ0) is 27.1. The Bertz CT molecular complexity index is 1530. The number of aromatic hydroxyl groups is 1. The minimum atomic E-state index is -4.18. The third-order valence-electron chi connectivity index (χ3n) is 5.74. The van der Waals surface area contributed by atoms with E-state index in [1.54, 1.807) is 39.4 Å². The molecule has 0 fully saturated rings. The van der Waals surface area contributed by atoms with Gasteiger partial charge < -0.3 is 29.8 Å². The fourth-order valence-corrected chi connectivity index (χ4v) is 4.64. The van der Waals surface area contributed by atoms with Crippen molar-refractivity contribution >= 4 is 44.4 Å². The number of amides is 1. The first-order chi connectivity index (χ1) is 17.3. The van der Waals surface area contributed by atoms with Gasteiger partial charge in [-0.3, -0.25) is 4.79 Å². The summed E-state index contributed by atoms with van der Waals surface area (Å²) < 4.78 is 43.6. The lowest BCUT2D eigenvalue weighted by Crippen LogP contribution is -2.41. The van der Waals surface area contributed by atoms with Crippen molar-refractivity contribution in [1.82, 2.24) is 10.2 Å². The topological polar surface area (TPSA) is 146 Å². The Hall–Kier alpha value is -4.06. The summed E-state index contributed by atoms with van der Waals surface area (Å²) in [6.07, 6.45) is 0. The van der Waals surface area contributed by atoms with Gasteiger partial charge in [-0.1, -0.05) is 26.8 Å². The maximum Gasteiger partial charge on any atom is 0.367 e. The van der Waals surface area contributed by atoms with Crippen molar-refractivity contribution in [2.45, 2.75) is 26.8 Å². The van der Waals surface area contributed by atoms with Gasteiger partial charge in [-0.05, 0) is 41.8 Å². The average Bonchev–Trinajstić information content (AvgIpc) is 3.36. The number of ether oxygens (including phenoxy) is 1. The van der Waals surface area contributed by atoms with E-state index in [0.29, 0.717) is 17.1 Å². The Morgan fingerprint density at radius 3 is 2.46 bits per heavy atom. The lowest BCUT2D eigenvalue weighted by Gasteiger charge is -2.30. The number of hydrogen-bond donors (Lipinski definition) is 3. The highest BCUT2D eigenvalue weighted by molar-refractivity contribution is 7.89. The van der Waals surface area contributed by atoms with Gasteiger partial charge in [0.05, 0.1) is 24.4 Å². The van der Waals surface area contributed by atoms with Gasteiger partial charge in [0.15, 0.2) is 17.4 Å². The summed E-state index contributed by atoms with van der Waals surface area (Å²) in [6, 6.07) is 11.3. The highest BCUT2D eigenvalue weighted by atomic mass is 32.2. The molecular formula is C25H29N5O6S. The Labute approximate surface area is 215 Å². The quantitative estimate of drug-likeness (QED) is 0.426. The Balaban J connectivity index is 1.68. The van der Waals surface area contributed by atoms with Crippen LogP contribution in [0.15, 0.2) is 55.7 Å². The number of fused-ring (bicyclic) bond motifs is 1. The van der Waals surface area contributed by atoms with Crippen molar-refractivity contribution in [2.75, 3.05) is 26.5 Å². The van der Waals surface area contributed by atoms with Crippen molar-refractivity contribution < 1.29 is 27.5 Å². The third kappa shape index (κ3) is 5.38. The van der Waals surface area contributed by atoms with Crippen molar-refractivity contribution in [1.29, 1.82) is 0 Å². The number of nitrogens with one attached hydrogen (secondary N) is 2. The largest absolute Gasteiger partial charge is 0.505 e. The van der Waals surface area contributed by atoms with E-state index in [-0.39, 0.29) is 28.7 Å². The SMILES string of the molecule is COc1ccc2oc(C(NC3=NS(=O)(=O)N=C3Nc3cccc(C(=O)N(C)C)c3O)C(C)(C)C)cc2c1. The van der Waals surface area contributed by atoms with Gasteiger partial charge in [0.1, 0.15) is 17.1 Å². The number of anilines is 1. The first kappa shape index (κ1) is 26.0. The van der Waals surface area contributed by atoms with E-state index in [1.807, 2.05) is 32.9 Å². The standard InChI is InChI=1S/C25H29N5O6S/c1-25(2,3)21(19-13-14-12-15(35-6)10-11-18(14)36-19)27-23-22(28-37(33,34)29-23)26-17-9-7-8-16(20(17)31)24(32)30(4)5/h7-13,21,31H,1-6H3,(H,26,28)(H,27,29). The Kier molecular flexibility index (Phi) is 6.63. The summed E-state index contributed by atoms with van der Waals surface area (Å²) in [6.45, 7) is 5.90. The van der Waals surface area contributed by atoms with Gasteiger partial charge in [0.2, 0.25) is 0 Å². The number of furan rings is 1. The van der Waals surface area contributed by atoms with E-state index in [0.717, 1.165) is 5.39 Å². The molecule has 0 bridgehead atoms. The molecule has 196 valence electrons. The van der Waals surface area contributed by atoms with Crippen LogP contribution < -0.4 is 15.4 Å². The molecule has 0 saturated heterocycles. The van der Waals surface area contributed by atoms with Crippen LogP contribution in [0.2, 0.25) is 0 Å². The molecule has 3 N–H and O–H groups in total. The van der Waals surface area contributed by atoms with Crippen LogP contribution in [0.4, 0.5) is 5.69 Å². The molecule has 1 aliphatic heterocycles. The highest BCUT2D eigenvalue weighted by Gasteiger charge is 2.35. The fourth-order valence-electron chi connectivity index (χ4n) is 3.86. The normalized spacial score (nSPS) is 15.6. The van der Waals surface area contributed by atoms with Gasteiger partial charge in [0, 0.05) is 19.5 Å². The predicted octanol–water partition coefficient (Wildman–Crippen LogP) is 3.69. The van der Waals surface area contributed by atoms with E-state index < -0.39 is 27.6 Å². The number of carbonyl (C=O) groups excluding carboxylic acids is 1. The number of carbonyl (C=O) groups is 1. The molecule has 2 aromatic carbocycles. The van der Waals surface area contributed by atoms with Gasteiger partial charge in [0.25, 0.3) is 5.91 Å². The van der Waals surface area contributed by atoms with Crippen molar-refractivity contribution in [3.05, 3.63) is 53.8 Å². The molecular weight excluding hydrogens is 498 g/mol.